The molecule has 1 unspecified atom stereocenters. The minimum Gasteiger partial charge on any atom is -0.318 e. The first-order chi connectivity index (χ1) is 11.7. The van der Waals surface area contributed by atoms with Crippen LogP contribution in [0.3, 0.4) is 0 Å². The van der Waals surface area contributed by atoms with Crippen molar-refractivity contribution >= 4 is 11.6 Å². The molecule has 2 aromatic rings. The van der Waals surface area contributed by atoms with Crippen LogP contribution in [0.4, 0.5) is 10.1 Å². The predicted octanol–water partition coefficient (Wildman–Crippen LogP) is 1.52. The molecule has 1 fully saturated rings. The van der Waals surface area contributed by atoms with Gasteiger partial charge in [-0.2, -0.15) is 5.10 Å². The van der Waals surface area contributed by atoms with Gasteiger partial charge in [0.2, 0.25) is 0 Å². The van der Waals surface area contributed by atoms with Crippen molar-refractivity contribution in [1.82, 2.24) is 20.8 Å². The Labute approximate surface area is 139 Å². The molecule has 4 N–H and O–H groups in total. The molecule has 126 valence electrons. The number of carbonyl (C=O) groups excluding carboxylic acids is 1. The van der Waals surface area contributed by atoms with Gasteiger partial charge in [0.25, 0.3) is 5.91 Å². The second-order valence-corrected chi connectivity index (χ2v) is 6.34. The number of hydrogen-bond donors (Lipinski definition) is 4. The highest BCUT2D eigenvalue weighted by molar-refractivity contribution is 6.03. The van der Waals surface area contributed by atoms with Gasteiger partial charge in [0.1, 0.15) is 5.82 Å². The van der Waals surface area contributed by atoms with Crippen LogP contribution in [-0.4, -0.2) is 35.7 Å². The van der Waals surface area contributed by atoms with Crippen molar-refractivity contribution in [3.05, 3.63) is 46.5 Å². The lowest BCUT2D eigenvalue weighted by Crippen LogP contribution is -2.25. The van der Waals surface area contributed by atoms with Crippen LogP contribution in [0.15, 0.2) is 18.2 Å². The molecule has 6 nitrogen and oxygen atoms in total. The van der Waals surface area contributed by atoms with E-state index in [2.05, 4.69) is 26.1 Å². The van der Waals surface area contributed by atoms with Crippen molar-refractivity contribution in [2.24, 2.45) is 0 Å². The molecule has 0 spiro atoms. The smallest absolute Gasteiger partial charge is 0.276 e. The summed E-state index contributed by atoms with van der Waals surface area (Å²) in [5, 5.41) is 16.1. The number of rotatable bonds is 3. The molecular weight excluding hydrogens is 309 g/mol. The van der Waals surface area contributed by atoms with Gasteiger partial charge in [-0.05, 0) is 49.2 Å². The average Bonchev–Trinajstić information content (AvgIpc) is 3.28. The van der Waals surface area contributed by atoms with Gasteiger partial charge in [0.05, 0.1) is 5.69 Å². The molecular formula is C17H20FN5O. The molecule has 0 bridgehead atoms. The van der Waals surface area contributed by atoms with E-state index < -0.39 is 5.91 Å². The summed E-state index contributed by atoms with van der Waals surface area (Å²) in [4.78, 5) is 12.4. The van der Waals surface area contributed by atoms with Gasteiger partial charge in [-0.25, -0.2) is 4.39 Å². The van der Waals surface area contributed by atoms with E-state index in [1.807, 2.05) is 6.07 Å². The Morgan fingerprint density at radius 2 is 2.21 bits per heavy atom. The topological polar surface area (TPSA) is 81.8 Å². The number of fused-ring (bicyclic) bond motifs is 1. The van der Waals surface area contributed by atoms with Crippen LogP contribution in [-0.2, 0) is 13.0 Å². The van der Waals surface area contributed by atoms with Crippen molar-refractivity contribution < 1.29 is 9.18 Å². The van der Waals surface area contributed by atoms with E-state index >= 15 is 0 Å². The summed E-state index contributed by atoms with van der Waals surface area (Å²) in [5.41, 5.74) is 3.09. The Morgan fingerprint density at radius 1 is 1.29 bits per heavy atom. The summed E-state index contributed by atoms with van der Waals surface area (Å²) in [5.74, 6) is -0.374. The number of aromatic amines is 1. The van der Waals surface area contributed by atoms with Gasteiger partial charge in [-0.3, -0.25) is 9.89 Å². The molecule has 0 saturated carbocycles. The molecule has 0 aliphatic carbocycles. The van der Waals surface area contributed by atoms with E-state index in [4.69, 9.17) is 0 Å². The highest BCUT2D eigenvalue weighted by Crippen LogP contribution is 2.25. The third-order valence-corrected chi connectivity index (χ3v) is 4.79. The van der Waals surface area contributed by atoms with E-state index in [0.717, 1.165) is 37.3 Å². The zero-order valence-corrected chi connectivity index (χ0v) is 13.3. The van der Waals surface area contributed by atoms with Crippen molar-refractivity contribution in [3.63, 3.8) is 0 Å². The molecule has 7 heteroatoms. The zero-order chi connectivity index (χ0) is 16.5. The standard InChI is InChI=1S/C17H20FN5O/c18-16-12-4-6-20-8-10(12)1-2-13(16)21-17(24)15-7-14(22-23-15)11-3-5-19-9-11/h1-2,7,11,19-20H,3-6,8-9H2,(H,21,24)(H,22,23). The minimum atomic E-state index is -0.392. The number of halogens is 1. The number of benzene rings is 1. The minimum absolute atomic E-state index is 0.215. The highest BCUT2D eigenvalue weighted by Gasteiger charge is 2.22. The molecule has 1 aromatic heterocycles. The largest absolute Gasteiger partial charge is 0.318 e. The van der Waals surface area contributed by atoms with E-state index in [-0.39, 0.29) is 17.2 Å². The number of nitrogens with one attached hydrogen (secondary N) is 4. The molecule has 1 aromatic carbocycles. The van der Waals surface area contributed by atoms with Crippen LogP contribution in [0.5, 0.6) is 0 Å². The Bertz CT molecular complexity index is 766. The average molecular weight is 329 g/mol. The van der Waals surface area contributed by atoms with Gasteiger partial charge in [0, 0.05) is 24.7 Å². The summed E-state index contributed by atoms with van der Waals surface area (Å²) in [6.45, 7) is 3.27. The van der Waals surface area contributed by atoms with Crippen molar-refractivity contribution in [3.8, 4) is 0 Å². The van der Waals surface area contributed by atoms with Crippen LogP contribution in [0.2, 0.25) is 0 Å². The molecule has 2 aliphatic rings. The predicted molar refractivity (Wildman–Crippen MR) is 88.6 cm³/mol. The first kappa shape index (κ1) is 15.3. The highest BCUT2D eigenvalue weighted by atomic mass is 19.1. The van der Waals surface area contributed by atoms with E-state index in [9.17, 15) is 9.18 Å². The Hall–Kier alpha value is -2.25. The number of aromatic nitrogens is 2. The van der Waals surface area contributed by atoms with Crippen molar-refractivity contribution in [2.75, 3.05) is 25.0 Å². The van der Waals surface area contributed by atoms with Gasteiger partial charge in [-0.1, -0.05) is 6.07 Å². The SMILES string of the molecule is O=C(Nc1ccc2c(c1F)CCNC2)c1cc(C2CCNC2)[nH]n1. The fourth-order valence-electron chi connectivity index (χ4n) is 3.40. The quantitative estimate of drug-likeness (QED) is 0.688. The molecule has 1 amide bonds. The number of amides is 1. The van der Waals surface area contributed by atoms with Crippen LogP contribution < -0.4 is 16.0 Å². The second-order valence-electron chi connectivity index (χ2n) is 6.34. The molecule has 1 atom stereocenters. The van der Waals surface area contributed by atoms with E-state index in [0.29, 0.717) is 24.4 Å². The Balaban J connectivity index is 1.52. The molecule has 3 heterocycles. The third kappa shape index (κ3) is 2.81. The fourth-order valence-corrected chi connectivity index (χ4v) is 3.40. The Morgan fingerprint density at radius 3 is 3.04 bits per heavy atom. The van der Waals surface area contributed by atoms with E-state index in [1.54, 1.807) is 12.1 Å². The summed E-state index contributed by atoms with van der Waals surface area (Å²) >= 11 is 0. The van der Waals surface area contributed by atoms with Gasteiger partial charge in [0.15, 0.2) is 5.69 Å². The number of nitrogens with zero attached hydrogens (tertiary/aromatic N) is 1. The molecule has 4 rings (SSSR count). The van der Waals surface area contributed by atoms with Gasteiger partial charge in [-0.15, -0.1) is 0 Å². The monoisotopic (exact) mass is 329 g/mol. The molecule has 24 heavy (non-hydrogen) atoms. The first-order valence-electron chi connectivity index (χ1n) is 8.30. The van der Waals surface area contributed by atoms with Crippen LogP contribution in [0, 0.1) is 5.82 Å². The summed E-state index contributed by atoms with van der Waals surface area (Å²) in [6.07, 6.45) is 1.66. The number of anilines is 1. The van der Waals surface area contributed by atoms with Gasteiger partial charge < -0.3 is 16.0 Å². The number of carbonyl (C=O) groups is 1. The summed E-state index contributed by atoms with van der Waals surface area (Å²) in [6, 6.07) is 5.24. The van der Waals surface area contributed by atoms with Crippen molar-refractivity contribution in [2.45, 2.75) is 25.3 Å². The maximum Gasteiger partial charge on any atom is 0.276 e. The first-order valence-corrected chi connectivity index (χ1v) is 8.30. The number of H-pyrrole nitrogens is 1. The lowest BCUT2D eigenvalue weighted by molar-refractivity contribution is 0.102. The lowest BCUT2D eigenvalue weighted by atomic mass is 9.99. The van der Waals surface area contributed by atoms with Crippen LogP contribution in [0.25, 0.3) is 0 Å². The molecule has 1 saturated heterocycles. The summed E-state index contributed by atoms with van der Waals surface area (Å²) < 4.78 is 14.6. The van der Waals surface area contributed by atoms with E-state index in [1.165, 1.54) is 0 Å². The lowest BCUT2D eigenvalue weighted by Gasteiger charge is -2.19. The number of hydrogen-bond acceptors (Lipinski definition) is 4. The maximum absolute atomic E-state index is 14.6. The second kappa shape index (κ2) is 6.33. The van der Waals surface area contributed by atoms with Crippen LogP contribution >= 0.6 is 0 Å². The molecule has 2 aliphatic heterocycles. The normalized spacial score (nSPS) is 20.0. The van der Waals surface area contributed by atoms with Gasteiger partial charge >= 0.3 is 0 Å². The Kier molecular flexibility index (Phi) is 4.03. The maximum atomic E-state index is 14.6. The summed E-state index contributed by atoms with van der Waals surface area (Å²) in [7, 11) is 0. The third-order valence-electron chi connectivity index (χ3n) is 4.79. The molecule has 0 radical (unpaired) electrons. The van der Waals surface area contributed by atoms with Crippen LogP contribution in [0.1, 0.15) is 39.6 Å². The van der Waals surface area contributed by atoms with Crippen molar-refractivity contribution in [1.29, 1.82) is 0 Å². The zero-order valence-electron chi connectivity index (χ0n) is 13.3. The fraction of sp³-hybridized carbons (Fsp3) is 0.412.